The van der Waals surface area contributed by atoms with Crippen LogP contribution in [0.5, 0.6) is 0 Å². The normalized spacial score (nSPS) is 10.9. The summed E-state index contributed by atoms with van der Waals surface area (Å²) >= 11 is 0. The maximum absolute atomic E-state index is 13.1. The van der Waals surface area contributed by atoms with E-state index in [0.717, 1.165) is 33.3 Å². The molecule has 35 heavy (non-hydrogen) atoms. The van der Waals surface area contributed by atoms with E-state index in [4.69, 9.17) is 5.73 Å². The minimum Gasteiger partial charge on any atom is -0.366 e. The maximum Gasteiger partial charge on any atom is 0.290 e. The van der Waals surface area contributed by atoms with E-state index in [-0.39, 0.29) is 5.56 Å². The molecule has 0 fully saturated rings. The second-order valence-corrected chi connectivity index (χ2v) is 8.09. The summed E-state index contributed by atoms with van der Waals surface area (Å²) in [6, 6.07) is 26.4. The molecule has 0 saturated heterocycles. The fourth-order valence-corrected chi connectivity index (χ4v) is 4.05. The van der Waals surface area contributed by atoms with Gasteiger partial charge in [-0.2, -0.15) is 5.10 Å². The Kier molecular flexibility index (Phi) is 5.81. The molecule has 2 heterocycles. The van der Waals surface area contributed by atoms with E-state index in [0.29, 0.717) is 23.5 Å². The van der Waals surface area contributed by atoms with Crippen LogP contribution >= 0.6 is 0 Å². The van der Waals surface area contributed by atoms with Gasteiger partial charge in [0.25, 0.3) is 5.56 Å². The Morgan fingerprint density at radius 1 is 0.886 bits per heavy atom. The van der Waals surface area contributed by atoms with E-state index >= 15 is 0 Å². The summed E-state index contributed by atoms with van der Waals surface area (Å²) in [5, 5.41) is 8.81. The average molecular weight is 462 g/mol. The van der Waals surface area contributed by atoms with Gasteiger partial charge in [0.2, 0.25) is 5.91 Å². The summed E-state index contributed by atoms with van der Waals surface area (Å²) in [6.07, 6.45) is 1.74. The maximum atomic E-state index is 13.1. The fraction of sp³-hybridized carbons (Fsp3) is 0.0714. The number of aryl methyl sites for hydroxylation is 1. The summed E-state index contributed by atoms with van der Waals surface area (Å²) in [7, 11) is 0. The van der Waals surface area contributed by atoms with Crippen LogP contribution in [0.2, 0.25) is 0 Å². The number of rotatable bonds is 6. The van der Waals surface area contributed by atoms with Gasteiger partial charge >= 0.3 is 0 Å². The molecule has 0 radical (unpaired) electrons. The van der Waals surface area contributed by atoms with E-state index in [1.807, 2.05) is 67.6 Å². The Bertz CT molecular complexity index is 1620. The molecule has 0 saturated carbocycles. The van der Waals surface area contributed by atoms with E-state index in [1.165, 1.54) is 4.68 Å². The van der Waals surface area contributed by atoms with Crippen molar-refractivity contribution in [1.29, 1.82) is 0 Å². The first-order chi connectivity index (χ1) is 17.0. The van der Waals surface area contributed by atoms with Gasteiger partial charge in [0.1, 0.15) is 5.69 Å². The Morgan fingerprint density at radius 3 is 2.43 bits per heavy atom. The molecule has 1 amide bonds. The predicted octanol–water partition coefficient (Wildman–Crippen LogP) is 4.99. The van der Waals surface area contributed by atoms with Gasteiger partial charge in [-0.25, -0.2) is 4.68 Å². The van der Waals surface area contributed by atoms with Crippen LogP contribution in [-0.2, 0) is 6.54 Å². The smallest absolute Gasteiger partial charge is 0.290 e. The standard InChI is InChI=1S/C28H23N5O2/c1-2-33-28(35)26(31-24-13-5-12-23-22(24)11-6-14-30-23)17-25(32-33)20-9-3-7-18(15-20)19-8-4-10-21(16-19)27(29)34/h3-17,31H,2H2,1H3,(H2,29,34). The lowest BCUT2D eigenvalue weighted by Crippen LogP contribution is -2.24. The molecule has 5 rings (SSSR count). The van der Waals surface area contributed by atoms with E-state index in [2.05, 4.69) is 15.4 Å². The zero-order valence-electron chi connectivity index (χ0n) is 19.1. The Balaban J connectivity index is 1.58. The lowest BCUT2D eigenvalue weighted by molar-refractivity contribution is 0.100. The van der Waals surface area contributed by atoms with Crippen molar-refractivity contribution in [2.75, 3.05) is 5.32 Å². The lowest BCUT2D eigenvalue weighted by atomic mass is 9.99. The van der Waals surface area contributed by atoms with Gasteiger partial charge in [0.05, 0.1) is 11.2 Å². The van der Waals surface area contributed by atoms with Crippen LogP contribution in [0.3, 0.4) is 0 Å². The third-order valence-electron chi connectivity index (χ3n) is 5.83. The molecule has 2 aromatic heterocycles. The summed E-state index contributed by atoms with van der Waals surface area (Å²) in [4.78, 5) is 29.1. The second kappa shape index (κ2) is 9.23. The largest absolute Gasteiger partial charge is 0.366 e. The summed E-state index contributed by atoms with van der Waals surface area (Å²) in [5.41, 5.74) is 11.0. The number of hydrogen-bond donors (Lipinski definition) is 2. The number of hydrogen-bond acceptors (Lipinski definition) is 5. The van der Waals surface area contributed by atoms with Crippen molar-refractivity contribution in [1.82, 2.24) is 14.8 Å². The highest BCUT2D eigenvalue weighted by Gasteiger charge is 2.12. The summed E-state index contributed by atoms with van der Waals surface area (Å²) < 4.78 is 1.45. The number of benzene rings is 3. The SMILES string of the molecule is CCn1nc(-c2cccc(-c3cccc(C(N)=O)c3)c2)cc(Nc2cccc3ncccc23)c1=O. The molecule has 0 unspecified atom stereocenters. The van der Waals surface area contributed by atoms with Gasteiger partial charge in [0, 0.05) is 34.9 Å². The van der Waals surface area contributed by atoms with Gasteiger partial charge in [-0.15, -0.1) is 0 Å². The molecule has 172 valence electrons. The number of primary amides is 1. The predicted molar refractivity (Wildman–Crippen MR) is 139 cm³/mol. The zero-order valence-corrected chi connectivity index (χ0v) is 19.1. The molecule has 7 heteroatoms. The van der Waals surface area contributed by atoms with E-state index in [9.17, 15) is 9.59 Å². The minimum absolute atomic E-state index is 0.206. The van der Waals surface area contributed by atoms with Crippen molar-refractivity contribution < 1.29 is 4.79 Å². The lowest BCUT2D eigenvalue weighted by Gasteiger charge is -2.13. The third kappa shape index (κ3) is 4.39. The molecule has 0 bridgehead atoms. The topological polar surface area (TPSA) is 103 Å². The molecule has 0 aliphatic carbocycles. The number of fused-ring (bicyclic) bond motifs is 1. The molecular formula is C28H23N5O2. The molecule has 0 aliphatic rings. The van der Waals surface area contributed by atoms with Crippen molar-refractivity contribution in [3.63, 3.8) is 0 Å². The quantitative estimate of drug-likeness (QED) is 0.371. The molecule has 3 aromatic carbocycles. The van der Waals surface area contributed by atoms with Gasteiger partial charge in [-0.3, -0.25) is 14.6 Å². The number of anilines is 2. The van der Waals surface area contributed by atoms with Crippen LogP contribution in [0.1, 0.15) is 17.3 Å². The molecule has 7 nitrogen and oxygen atoms in total. The van der Waals surface area contributed by atoms with Crippen molar-refractivity contribution in [3.05, 3.63) is 107 Å². The van der Waals surface area contributed by atoms with E-state index < -0.39 is 5.91 Å². The summed E-state index contributed by atoms with van der Waals surface area (Å²) in [6.45, 7) is 2.31. The van der Waals surface area contributed by atoms with Crippen molar-refractivity contribution in [3.8, 4) is 22.4 Å². The van der Waals surface area contributed by atoms with Gasteiger partial charge in [-0.1, -0.05) is 36.4 Å². The Morgan fingerprint density at radius 2 is 1.63 bits per heavy atom. The first-order valence-corrected chi connectivity index (χ1v) is 11.3. The van der Waals surface area contributed by atoms with Crippen LogP contribution in [-0.4, -0.2) is 20.7 Å². The first kappa shape index (κ1) is 22.0. The van der Waals surface area contributed by atoms with Crippen LogP contribution in [0.25, 0.3) is 33.3 Å². The highest BCUT2D eigenvalue weighted by atomic mass is 16.1. The number of nitrogens with two attached hydrogens (primary N) is 1. The zero-order chi connectivity index (χ0) is 24.4. The van der Waals surface area contributed by atoms with Crippen LogP contribution < -0.4 is 16.6 Å². The van der Waals surface area contributed by atoms with Crippen molar-refractivity contribution in [2.24, 2.45) is 5.73 Å². The van der Waals surface area contributed by atoms with Crippen molar-refractivity contribution >= 4 is 28.2 Å². The number of nitrogens with one attached hydrogen (secondary N) is 1. The van der Waals surface area contributed by atoms with Gasteiger partial charge in [-0.05, 0) is 66.6 Å². The molecular weight excluding hydrogens is 438 g/mol. The minimum atomic E-state index is -0.473. The van der Waals surface area contributed by atoms with Crippen molar-refractivity contribution in [2.45, 2.75) is 13.5 Å². The monoisotopic (exact) mass is 461 g/mol. The number of carbonyl (C=O) groups is 1. The average Bonchev–Trinajstić information content (AvgIpc) is 2.90. The Labute approximate surface area is 201 Å². The second-order valence-electron chi connectivity index (χ2n) is 8.09. The number of carbonyl (C=O) groups excluding carboxylic acids is 1. The molecule has 0 atom stereocenters. The molecule has 0 spiro atoms. The number of amides is 1. The van der Waals surface area contributed by atoms with Gasteiger partial charge in [0.15, 0.2) is 0 Å². The van der Waals surface area contributed by atoms with Crippen LogP contribution in [0.15, 0.2) is 95.9 Å². The number of pyridine rings is 1. The molecule has 5 aromatic rings. The third-order valence-corrected chi connectivity index (χ3v) is 5.83. The highest BCUT2D eigenvalue weighted by Crippen LogP contribution is 2.28. The summed E-state index contributed by atoms with van der Waals surface area (Å²) in [5.74, 6) is -0.473. The van der Waals surface area contributed by atoms with Crippen LogP contribution in [0.4, 0.5) is 11.4 Å². The fourth-order valence-electron chi connectivity index (χ4n) is 4.05. The highest BCUT2D eigenvalue weighted by molar-refractivity contribution is 5.94. The molecule has 0 aliphatic heterocycles. The number of nitrogens with zero attached hydrogens (tertiary/aromatic N) is 3. The molecule has 3 N–H and O–H groups in total. The number of aromatic nitrogens is 3. The van der Waals surface area contributed by atoms with Gasteiger partial charge < -0.3 is 11.1 Å². The van der Waals surface area contributed by atoms with E-state index in [1.54, 1.807) is 30.5 Å². The first-order valence-electron chi connectivity index (χ1n) is 11.3. The van der Waals surface area contributed by atoms with Crippen LogP contribution in [0, 0.1) is 0 Å². The Hall–Kier alpha value is -4.78.